The number of aromatic amines is 1. The summed E-state index contributed by atoms with van der Waals surface area (Å²) in [6.45, 7) is 2.00. The van der Waals surface area contributed by atoms with Crippen LogP contribution in [0.15, 0.2) is 64.4 Å². The number of nitrogens with zero attached hydrogens (tertiary/aromatic N) is 2. The molecule has 0 radical (unpaired) electrons. The summed E-state index contributed by atoms with van der Waals surface area (Å²) in [5.41, 5.74) is 1.36. The highest BCUT2D eigenvalue weighted by atomic mass is 35.5. The summed E-state index contributed by atoms with van der Waals surface area (Å²) in [4.78, 5) is 29.6. The zero-order valence-corrected chi connectivity index (χ0v) is 17.2. The van der Waals surface area contributed by atoms with Crippen molar-refractivity contribution in [3.63, 3.8) is 0 Å². The topological polar surface area (TPSA) is 76.5 Å². The molecule has 0 fully saturated rings. The van der Waals surface area contributed by atoms with Gasteiger partial charge in [0.1, 0.15) is 5.56 Å². The molecule has 150 valence electrons. The largest absolute Gasteiger partial charge is 0.407 e. The van der Waals surface area contributed by atoms with Crippen molar-refractivity contribution in [3.05, 3.63) is 81.1 Å². The fourth-order valence-corrected chi connectivity index (χ4v) is 3.13. The van der Waals surface area contributed by atoms with Gasteiger partial charge in [0.25, 0.3) is 5.56 Å². The van der Waals surface area contributed by atoms with Crippen molar-refractivity contribution in [1.82, 2.24) is 9.78 Å². The fraction of sp³-hybridized carbons (Fsp3) is 0.190. The Labute approximate surface area is 177 Å². The minimum atomic E-state index is -0.490. The molecule has 0 amide bonds. The Kier molecular flexibility index (Phi) is 6.90. The molecule has 0 saturated heterocycles. The number of nitrogens with one attached hydrogen (secondary N) is 1. The molecule has 0 bridgehead atoms. The Balaban J connectivity index is 2.10. The van der Waals surface area contributed by atoms with Crippen molar-refractivity contribution in [1.29, 1.82) is 0 Å². The van der Waals surface area contributed by atoms with E-state index in [1.54, 1.807) is 31.2 Å². The highest BCUT2D eigenvalue weighted by Gasteiger charge is 2.23. The van der Waals surface area contributed by atoms with Gasteiger partial charge < -0.3 is 4.74 Å². The molecule has 0 aliphatic carbocycles. The molecule has 0 saturated carbocycles. The first-order chi connectivity index (χ1) is 14.0. The summed E-state index contributed by atoms with van der Waals surface area (Å²) < 4.78 is 6.58. The van der Waals surface area contributed by atoms with Gasteiger partial charge in [0.05, 0.1) is 28.8 Å². The fourth-order valence-electron chi connectivity index (χ4n) is 2.69. The number of carbonyl (C=O) groups excluding carboxylic acids is 1. The van der Waals surface area contributed by atoms with E-state index < -0.39 is 11.5 Å². The maximum atomic E-state index is 13.2. The number of aliphatic imine (C=N–C) groups is 1. The van der Waals surface area contributed by atoms with E-state index in [9.17, 15) is 9.59 Å². The summed E-state index contributed by atoms with van der Waals surface area (Å²) in [6.07, 6.45) is 0.149. The standard InChI is InChI=1S/C21H19Cl2N3O3/c1-2-18(27)29-20-19(16(12-22)24-13-14-8-4-3-5-9-14)21(28)26(25-20)17-11-7-6-10-15(17)23/h3-11,25H,2,12-13H2,1H3. The Morgan fingerprint density at radius 2 is 1.83 bits per heavy atom. The Morgan fingerprint density at radius 3 is 2.48 bits per heavy atom. The van der Waals surface area contributed by atoms with Gasteiger partial charge in [0.2, 0.25) is 5.88 Å². The number of rotatable bonds is 7. The van der Waals surface area contributed by atoms with Crippen LogP contribution in [-0.4, -0.2) is 27.3 Å². The molecule has 6 nitrogen and oxygen atoms in total. The third-order valence-corrected chi connectivity index (χ3v) is 4.74. The van der Waals surface area contributed by atoms with Crippen LogP contribution in [0.25, 0.3) is 5.69 Å². The third kappa shape index (κ3) is 4.78. The molecule has 3 aromatic rings. The molecule has 2 aromatic carbocycles. The van der Waals surface area contributed by atoms with Crippen LogP contribution in [0, 0.1) is 0 Å². The van der Waals surface area contributed by atoms with Crippen LogP contribution in [0.3, 0.4) is 0 Å². The number of ether oxygens (including phenoxy) is 1. The number of hydrogen-bond donors (Lipinski definition) is 1. The molecule has 0 spiro atoms. The first-order valence-electron chi connectivity index (χ1n) is 8.99. The summed E-state index contributed by atoms with van der Waals surface area (Å²) in [6, 6.07) is 16.4. The maximum Gasteiger partial charge on any atom is 0.312 e. The van der Waals surface area contributed by atoms with E-state index in [2.05, 4.69) is 10.1 Å². The normalized spacial score (nSPS) is 11.5. The number of benzene rings is 2. The number of carbonyl (C=O) groups is 1. The van der Waals surface area contributed by atoms with Gasteiger partial charge >= 0.3 is 5.97 Å². The average molecular weight is 432 g/mol. The molecule has 0 aliphatic heterocycles. The van der Waals surface area contributed by atoms with Crippen molar-refractivity contribution >= 4 is 34.9 Å². The first kappa shape index (κ1) is 20.9. The van der Waals surface area contributed by atoms with E-state index in [4.69, 9.17) is 27.9 Å². The molecule has 1 heterocycles. The third-order valence-electron chi connectivity index (χ3n) is 4.17. The monoisotopic (exact) mass is 431 g/mol. The van der Waals surface area contributed by atoms with Crippen molar-refractivity contribution in [2.45, 2.75) is 19.9 Å². The minimum absolute atomic E-state index is 0.00534. The second-order valence-corrected chi connectivity index (χ2v) is 6.79. The van der Waals surface area contributed by atoms with Gasteiger partial charge in [-0.1, -0.05) is 61.0 Å². The number of esters is 1. The molecule has 0 aliphatic rings. The van der Waals surface area contributed by atoms with Crippen LogP contribution >= 0.6 is 23.2 Å². The quantitative estimate of drug-likeness (QED) is 0.342. The molecular formula is C21H19Cl2N3O3. The van der Waals surface area contributed by atoms with E-state index in [1.807, 2.05) is 30.3 Å². The van der Waals surface area contributed by atoms with Crippen molar-refractivity contribution in [2.24, 2.45) is 4.99 Å². The predicted octanol–water partition coefficient (Wildman–Crippen LogP) is 4.36. The van der Waals surface area contributed by atoms with Gasteiger partial charge in [0.15, 0.2) is 0 Å². The molecule has 0 atom stereocenters. The van der Waals surface area contributed by atoms with Crippen molar-refractivity contribution < 1.29 is 9.53 Å². The number of hydrogen-bond acceptors (Lipinski definition) is 4. The van der Waals surface area contributed by atoms with E-state index >= 15 is 0 Å². The number of alkyl halides is 1. The molecule has 8 heteroatoms. The molecule has 1 N–H and O–H groups in total. The second-order valence-electron chi connectivity index (χ2n) is 6.12. The van der Waals surface area contributed by atoms with Gasteiger partial charge in [-0.25, -0.2) is 4.68 Å². The number of aromatic nitrogens is 2. The smallest absolute Gasteiger partial charge is 0.312 e. The van der Waals surface area contributed by atoms with Crippen LogP contribution < -0.4 is 10.3 Å². The lowest BCUT2D eigenvalue weighted by molar-refractivity contribution is -0.134. The highest BCUT2D eigenvalue weighted by molar-refractivity contribution is 6.32. The van der Waals surface area contributed by atoms with Gasteiger partial charge in [-0.15, -0.1) is 11.6 Å². The molecular weight excluding hydrogens is 413 g/mol. The van der Waals surface area contributed by atoms with E-state index in [-0.39, 0.29) is 23.7 Å². The van der Waals surface area contributed by atoms with Gasteiger partial charge in [0, 0.05) is 6.42 Å². The predicted molar refractivity (Wildman–Crippen MR) is 115 cm³/mol. The van der Waals surface area contributed by atoms with Crippen LogP contribution in [0.2, 0.25) is 5.02 Å². The Morgan fingerprint density at radius 1 is 1.14 bits per heavy atom. The highest BCUT2D eigenvalue weighted by Crippen LogP contribution is 2.22. The van der Waals surface area contributed by atoms with Gasteiger partial charge in [-0.05, 0) is 17.7 Å². The lowest BCUT2D eigenvalue weighted by atomic mass is 10.2. The molecule has 0 unspecified atom stereocenters. The number of para-hydroxylation sites is 1. The SMILES string of the molecule is CCC(=O)Oc1[nH]n(-c2ccccc2Cl)c(=O)c1C(CCl)=NCc1ccccc1. The Hall–Kier alpha value is -2.83. The summed E-state index contributed by atoms with van der Waals surface area (Å²) >= 11 is 12.3. The summed E-state index contributed by atoms with van der Waals surface area (Å²) in [5.74, 6) is -0.524. The van der Waals surface area contributed by atoms with Crippen molar-refractivity contribution in [2.75, 3.05) is 5.88 Å². The number of H-pyrrole nitrogens is 1. The average Bonchev–Trinajstić information content (AvgIpc) is 3.05. The maximum absolute atomic E-state index is 13.2. The van der Waals surface area contributed by atoms with Crippen LogP contribution in [0.4, 0.5) is 0 Å². The van der Waals surface area contributed by atoms with Gasteiger partial charge in [-0.2, -0.15) is 0 Å². The second kappa shape index (κ2) is 9.58. The van der Waals surface area contributed by atoms with E-state index in [0.717, 1.165) is 5.56 Å². The first-order valence-corrected chi connectivity index (χ1v) is 9.90. The molecule has 1 aromatic heterocycles. The van der Waals surface area contributed by atoms with Gasteiger partial charge in [-0.3, -0.25) is 19.7 Å². The zero-order valence-electron chi connectivity index (χ0n) is 15.7. The minimum Gasteiger partial charge on any atom is -0.407 e. The molecule has 3 rings (SSSR count). The van der Waals surface area contributed by atoms with Crippen LogP contribution in [0.1, 0.15) is 24.5 Å². The molecule has 29 heavy (non-hydrogen) atoms. The van der Waals surface area contributed by atoms with Crippen LogP contribution in [-0.2, 0) is 11.3 Å². The summed E-state index contributed by atoms with van der Waals surface area (Å²) in [5, 5.41) is 3.19. The van der Waals surface area contributed by atoms with Crippen molar-refractivity contribution in [3.8, 4) is 11.6 Å². The lowest BCUT2D eigenvalue weighted by Crippen LogP contribution is -2.22. The number of halogens is 2. The van der Waals surface area contributed by atoms with Crippen LogP contribution in [0.5, 0.6) is 5.88 Å². The zero-order chi connectivity index (χ0) is 20.8. The lowest BCUT2D eigenvalue weighted by Gasteiger charge is -2.05. The van der Waals surface area contributed by atoms with E-state index in [1.165, 1.54) is 4.68 Å². The summed E-state index contributed by atoms with van der Waals surface area (Å²) in [7, 11) is 0. The van der Waals surface area contributed by atoms with E-state index in [0.29, 0.717) is 23.0 Å². The Bertz CT molecular complexity index is 1090.